The van der Waals surface area contributed by atoms with Crippen LogP contribution in [0.25, 0.3) is 5.76 Å². The second kappa shape index (κ2) is 11.5. The summed E-state index contributed by atoms with van der Waals surface area (Å²) in [5, 5.41) is 11.5. The van der Waals surface area contributed by atoms with Gasteiger partial charge in [0.1, 0.15) is 11.5 Å². The quantitative estimate of drug-likeness (QED) is 0.292. The Labute approximate surface area is 212 Å². The number of rotatable bonds is 10. The van der Waals surface area contributed by atoms with Crippen LogP contribution in [0.5, 0.6) is 17.2 Å². The third kappa shape index (κ3) is 5.33. The van der Waals surface area contributed by atoms with Gasteiger partial charge in [-0.1, -0.05) is 12.1 Å². The van der Waals surface area contributed by atoms with Crippen LogP contribution in [-0.2, 0) is 14.3 Å². The first-order valence-corrected chi connectivity index (χ1v) is 12.0. The first-order valence-electron chi connectivity index (χ1n) is 12.0. The van der Waals surface area contributed by atoms with Gasteiger partial charge in [-0.05, 0) is 69.5 Å². The van der Waals surface area contributed by atoms with Gasteiger partial charge in [0.2, 0.25) is 0 Å². The monoisotopic (exact) mass is 497 g/mol. The lowest BCUT2D eigenvalue weighted by molar-refractivity contribution is -0.140. The second-order valence-corrected chi connectivity index (χ2v) is 8.95. The molecule has 3 rings (SSSR count). The van der Waals surface area contributed by atoms with Gasteiger partial charge in [-0.3, -0.25) is 9.59 Å². The number of Topliss-reactive ketones (excluding diaryl/α,β-unsaturated/α-hetero) is 1. The van der Waals surface area contributed by atoms with E-state index >= 15 is 0 Å². The van der Waals surface area contributed by atoms with Crippen LogP contribution in [0.4, 0.5) is 0 Å². The molecule has 1 amide bonds. The van der Waals surface area contributed by atoms with Crippen LogP contribution in [0.2, 0.25) is 0 Å². The zero-order chi connectivity index (χ0) is 26.6. The predicted molar refractivity (Wildman–Crippen MR) is 137 cm³/mol. The van der Waals surface area contributed by atoms with Crippen LogP contribution in [0.15, 0.2) is 35.9 Å². The minimum Gasteiger partial charge on any atom is -0.507 e. The van der Waals surface area contributed by atoms with Gasteiger partial charge in [-0.25, -0.2) is 0 Å². The van der Waals surface area contributed by atoms with Gasteiger partial charge in [0, 0.05) is 13.7 Å². The van der Waals surface area contributed by atoms with Crippen molar-refractivity contribution in [3.63, 3.8) is 0 Å². The lowest BCUT2D eigenvalue weighted by Gasteiger charge is -2.26. The summed E-state index contributed by atoms with van der Waals surface area (Å²) in [5.41, 5.74) is 2.63. The van der Waals surface area contributed by atoms with E-state index in [9.17, 15) is 14.7 Å². The molecule has 8 nitrogen and oxygen atoms in total. The van der Waals surface area contributed by atoms with Crippen LogP contribution in [0, 0.1) is 13.8 Å². The Morgan fingerprint density at radius 2 is 1.81 bits per heavy atom. The smallest absolute Gasteiger partial charge is 0.295 e. The van der Waals surface area contributed by atoms with Crippen molar-refractivity contribution in [3.8, 4) is 17.2 Å². The van der Waals surface area contributed by atoms with Crippen LogP contribution >= 0.6 is 0 Å². The highest BCUT2D eigenvalue weighted by Crippen LogP contribution is 2.43. The largest absolute Gasteiger partial charge is 0.507 e. The van der Waals surface area contributed by atoms with Crippen molar-refractivity contribution in [2.24, 2.45) is 0 Å². The van der Waals surface area contributed by atoms with Gasteiger partial charge >= 0.3 is 0 Å². The maximum atomic E-state index is 13.3. The van der Waals surface area contributed by atoms with Crippen LogP contribution in [-0.4, -0.2) is 61.8 Å². The molecule has 0 aliphatic carbocycles. The van der Waals surface area contributed by atoms with Crippen LogP contribution in [0.3, 0.4) is 0 Å². The van der Waals surface area contributed by atoms with E-state index in [1.807, 2.05) is 40.7 Å². The summed E-state index contributed by atoms with van der Waals surface area (Å²) in [5.74, 6) is -0.277. The molecule has 36 heavy (non-hydrogen) atoms. The topological polar surface area (TPSA) is 94.5 Å². The maximum Gasteiger partial charge on any atom is 0.295 e. The zero-order valence-electron chi connectivity index (χ0n) is 22.0. The molecule has 2 aromatic carbocycles. The molecule has 1 atom stereocenters. The van der Waals surface area contributed by atoms with Gasteiger partial charge in [0.15, 0.2) is 11.5 Å². The summed E-state index contributed by atoms with van der Waals surface area (Å²) >= 11 is 0. The fraction of sp³-hybridized carbons (Fsp3) is 0.429. The summed E-state index contributed by atoms with van der Waals surface area (Å²) in [6, 6.07) is 8.11. The van der Waals surface area contributed by atoms with E-state index in [2.05, 4.69) is 0 Å². The number of likely N-dealkylation sites (tertiary alicyclic amines) is 1. The third-order valence-corrected chi connectivity index (χ3v) is 5.90. The number of methoxy groups -OCH3 is 2. The molecule has 0 spiro atoms. The molecule has 1 N–H and O–H groups in total. The van der Waals surface area contributed by atoms with E-state index in [1.165, 1.54) is 19.1 Å². The summed E-state index contributed by atoms with van der Waals surface area (Å²) in [7, 11) is 3.03. The zero-order valence-corrected chi connectivity index (χ0v) is 22.0. The Hall–Kier alpha value is -3.52. The molecular weight excluding hydrogens is 462 g/mol. The molecular formula is C28H35NO7. The van der Waals surface area contributed by atoms with E-state index in [-0.39, 0.29) is 30.6 Å². The number of carbonyl (C=O) groups excluding carboxylic acids is 2. The average molecular weight is 498 g/mol. The Balaban J connectivity index is 2.26. The number of aliphatic hydroxyl groups is 1. The molecule has 8 heteroatoms. The van der Waals surface area contributed by atoms with Crippen molar-refractivity contribution < 1.29 is 33.6 Å². The minimum atomic E-state index is -0.849. The Kier molecular flexibility index (Phi) is 8.63. The molecule has 1 fully saturated rings. The molecule has 0 saturated carbocycles. The summed E-state index contributed by atoms with van der Waals surface area (Å²) in [6.07, 6.45) is -0.0700. The molecule has 1 heterocycles. The number of carbonyl (C=O) groups is 2. The first kappa shape index (κ1) is 27.1. The van der Waals surface area contributed by atoms with Crippen molar-refractivity contribution in [3.05, 3.63) is 58.2 Å². The van der Waals surface area contributed by atoms with Crippen LogP contribution in [0.1, 0.15) is 49.1 Å². The highest BCUT2D eigenvalue weighted by Gasteiger charge is 2.46. The molecule has 1 unspecified atom stereocenters. The number of hydrogen-bond acceptors (Lipinski definition) is 7. The molecule has 1 aliphatic heterocycles. The van der Waals surface area contributed by atoms with Crippen molar-refractivity contribution in [1.82, 2.24) is 4.90 Å². The molecule has 0 radical (unpaired) electrons. The number of ether oxygens (including phenoxy) is 4. The Morgan fingerprint density at radius 3 is 2.42 bits per heavy atom. The molecule has 0 bridgehead atoms. The van der Waals surface area contributed by atoms with E-state index < -0.39 is 17.7 Å². The van der Waals surface area contributed by atoms with Gasteiger partial charge in [-0.15, -0.1) is 0 Å². The highest BCUT2D eigenvalue weighted by molar-refractivity contribution is 6.46. The van der Waals surface area contributed by atoms with E-state index in [0.717, 1.165) is 11.1 Å². The van der Waals surface area contributed by atoms with Crippen LogP contribution < -0.4 is 14.2 Å². The van der Waals surface area contributed by atoms with Gasteiger partial charge < -0.3 is 29.0 Å². The van der Waals surface area contributed by atoms with Gasteiger partial charge in [-0.2, -0.15) is 0 Å². The Morgan fingerprint density at radius 1 is 1.08 bits per heavy atom. The second-order valence-electron chi connectivity index (χ2n) is 8.95. The third-order valence-electron chi connectivity index (χ3n) is 5.90. The Bertz CT molecular complexity index is 1170. The molecule has 194 valence electrons. The fourth-order valence-electron chi connectivity index (χ4n) is 4.51. The van der Waals surface area contributed by atoms with E-state index in [1.54, 1.807) is 24.3 Å². The van der Waals surface area contributed by atoms with Crippen molar-refractivity contribution in [2.75, 3.05) is 34.0 Å². The number of hydrogen-bond donors (Lipinski definition) is 1. The van der Waals surface area contributed by atoms with Crippen molar-refractivity contribution in [1.29, 1.82) is 0 Å². The predicted octanol–water partition coefficient (Wildman–Crippen LogP) is 4.57. The highest BCUT2D eigenvalue weighted by atomic mass is 16.5. The first-order chi connectivity index (χ1) is 17.1. The van der Waals surface area contributed by atoms with Gasteiger partial charge in [0.05, 0.1) is 43.6 Å². The van der Waals surface area contributed by atoms with Crippen molar-refractivity contribution in [2.45, 2.75) is 46.8 Å². The number of ketones is 1. The van der Waals surface area contributed by atoms with E-state index in [0.29, 0.717) is 35.0 Å². The number of aliphatic hydroxyl groups excluding tert-OH is 1. The summed E-state index contributed by atoms with van der Waals surface area (Å²) in [6.45, 7) is 10.2. The molecule has 2 aromatic rings. The maximum absolute atomic E-state index is 13.3. The van der Waals surface area contributed by atoms with E-state index in [4.69, 9.17) is 18.9 Å². The lowest BCUT2D eigenvalue weighted by Crippen LogP contribution is -2.32. The van der Waals surface area contributed by atoms with Crippen molar-refractivity contribution >= 4 is 17.4 Å². The molecule has 1 aliphatic rings. The average Bonchev–Trinajstić information content (AvgIpc) is 3.07. The normalized spacial score (nSPS) is 17.1. The van der Waals surface area contributed by atoms with Gasteiger partial charge in [0.25, 0.3) is 11.7 Å². The standard InChI is InChI=1S/C28H35NO7/c1-8-35-22-15-19(9-10-21(22)36-16(2)3)24-23(26(31)28(32)29(24)11-12-33-6)25(30)20-14-17(4)13-18(5)27(20)34-7/h9-10,13-16,24,30H,8,11-12H2,1-7H3/b25-23+. The summed E-state index contributed by atoms with van der Waals surface area (Å²) < 4.78 is 22.4. The number of amides is 1. The lowest BCUT2D eigenvalue weighted by atomic mass is 9.93. The number of benzene rings is 2. The minimum absolute atomic E-state index is 0.0145. The number of aryl methyl sites for hydroxylation is 2. The molecule has 0 aromatic heterocycles. The number of nitrogens with zero attached hydrogens (tertiary/aromatic N) is 1. The summed E-state index contributed by atoms with van der Waals surface area (Å²) in [4.78, 5) is 27.9. The molecule has 1 saturated heterocycles. The SMILES string of the molecule is CCOc1cc(C2/C(=C(\O)c3cc(C)cc(C)c3OC)C(=O)C(=O)N2CCOC)ccc1OC(C)C. The fourth-order valence-corrected chi connectivity index (χ4v) is 4.51.